The van der Waals surface area contributed by atoms with Crippen LogP contribution in [0.1, 0.15) is 59.3 Å². The minimum Gasteiger partial charge on any atom is -0.461 e. The Morgan fingerprint density at radius 3 is 2.25 bits per heavy atom. The van der Waals surface area contributed by atoms with Crippen LogP contribution < -0.4 is 0 Å². The lowest BCUT2D eigenvalue weighted by atomic mass is 10.1. The van der Waals surface area contributed by atoms with Gasteiger partial charge in [-0.25, -0.2) is 4.79 Å². The van der Waals surface area contributed by atoms with Crippen molar-refractivity contribution < 1.29 is 14.3 Å². The topological polar surface area (TPSA) is 35.5 Å². The van der Waals surface area contributed by atoms with Crippen molar-refractivity contribution in [2.24, 2.45) is 0 Å². The van der Waals surface area contributed by atoms with Gasteiger partial charge in [0.25, 0.3) is 0 Å². The van der Waals surface area contributed by atoms with Crippen LogP contribution in [0.25, 0.3) is 0 Å². The Balaban J connectivity index is 3.69. The fourth-order valence-electron chi connectivity index (χ4n) is 1.57. The number of hydrogen-bond acceptors (Lipinski definition) is 3. The summed E-state index contributed by atoms with van der Waals surface area (Å²) in [5.74, 6) is -0.229. The molecular formula is C13H26O3. The highest BCUT2D eigenvalue weighted by Crippen LogP contribution is 2.10. The third-order valence-corrected chi connectivity index (χ3v) is 2.47. The highest BCUT2D eigenvalue weighted by Gasteiger charge is 2.19. The van der Waals surface area contributed by atoms with Gasteiger partial charge in [-0.05, 0) is 20.3 Å². The third kappa shape index (κ3) is 7.69. The zero-order valence-corrected chi connectivity index (χ0v) is 11.1. The van der Waals surface area contributed by atoms with Crippen LogP contribution in [0.4, 0.5) is 0 Å². The Morgan fingerprint density at radius 2 is 1.75 bits per heavy atom. The standard InChI is InChI=1S/C13H26O3/c1-5-6-7-8-9-10-12(15-4)13(14)16-11(2)3/h11-12H,5-10H2,1-4H3. The number of methoxy groups -OCH3 is 1. The number of carbonyl (C=O) groups is 1. The quantitative estimate of drug-likeness (QED) is 0.450. The lowest BCUT2D eigenvalue weighted by Gasteiger charge is -2.16. The van der Waals surface area contributed by atoms with Crippen molar-refractivity contribution >= 4 is 5.97 Å². The van der Waals surface area contributed by atoms with Crippen LogP contribution >= 0.6 is 0 Å². The molecule has 0 spiro atoms. The molecule has 0 aliphatic rings. The maximum absolute atomic E-state index is 11.6. The molecule has 0 saturated carbocycles. The summed E-state index contributed by atoms with van der Waals surface area (Å²) in [6.07, 6.45) is 6.28. The van der Waals surface area contributed by atoms with Gasteiger partial charge in [0.1, 0.15) is 0 Å². The van der Waals surface area contributed by atoms with Crippen LogP contribution in [0.2, 0.25) is 0 Å². The van der Waals surface area contributed by atoms with E-state index >= 15 is 0 Å². The van der Waals surface area contributed by atoms with Crippen molar-refractivity contribution in [2.45, 2.75) is 71.5 Å². The van der Waals surface area contributed by atoms with E-state index in [1.807, 2.05) is 13.8 Å². The van der Waals surface area contributed by atoms with Crippen molar-refractivity contribution in [3.8, 4) is 0 Å². The van der Waals surface area contributed by atoms with Gasteiger partial charge >= 0.3 is 5.97 Å². The van der Waals surface area contributed by atoms with E-state index in [2.05, 4.69) is 6.92 Å². The van der Waals surface area contributed by atoms with E-state index in [1.54, 1.807) is 7.11 Å². The molecule has 0 aromatic carbocycles. The average Bonchev–Trinajstić information content (AvgIpc) is 2.22. The van der Waals surface area contributed by atoms with Crippen LogP contribution in [0.5, 0.6) is 0 Å². The molecule has 0 aliphatic carbocycles. The summed E-state index contributed by atoms with van der Waals surface area (Å²) < 4.78 is 10.3. The summed E-state index contributed by atoms with van der Waals surface area (Å²) in [5.41, 5.74) is 0. The molecule has 0 heterocycles. The van der Waals surface area contributed by atoms with Gasteiger partial charge in [0.05, 0.1) is 6.10 Å². The first-order chi connectivity index (χ1) is 7.61. The molecule has 3 heteroatoms. The van der Waals surface area contributed by atoms with Gasteiger partial charge in [0, 0.05) is 7.11 Å². The monoisotopic (exact) mass is 230 g/mol. The van der Waals surface area contributed by atoms with Crippen molar-refractivity contribution in [1.82, 2.24) is 0 Å². The van der Waals surface area contributed by atoms with E-state index in [0.717, 1.165) is 12.8 Å². The third-order valence-electron chi connectivity index (χ3n) is 2.47. The summed E-state index contributed by atoms with van der Waals surface area (Å²) in [6, 6.07) is 0. The predicted molar refractivity (Wildman–Crippen MR) is 65.4 cm³/mol. The lowest BCUT2D eigenvalue weighted by molar-refractivity contribution is -0.159. The van der Waals surface area contributed by atoms with E-state index in [4.69, 9.17) is 9.47 Å². The van der Waals surface area contributed by atoms with Gasteiger partial charge in [-0.3, -0.25) is 0 Å². The van der Waals surface area contributed by atoms with Crippen LogP contribution in [0.3, 0.4) is 0 Å². The van der Waals surface area contributed by atoms with Gasteiger partial charge in [-0.1, -0.05) is 39.0 Å². The Labute approximate surface area is 99.5 Å². The molecule has 0 bridgehead atoms. The van der Waals surface area contributed by atoms with E-state index in [9.17, 15) is 4.79 Å². The summed E-state index contributed by atoms with van der Waals surface area (Å²) in [7, 11) is 1.57. The molecule has 0 amide bonds. The fraction of sp³-hybridized carbons (Fsp3) is 0.923. The normalized spacial score (nSPS) is 12.8. The average molecular weight is 230 g/mol. The molecule has 96 valence electrons. The Hall–Kier alpha value is -0.570. The van der Waals surface area contributed by atoms with Crippen molar-refractivity contribution in [3.05, 3.63) is 0 Å². The second kappa shape index (κ2) is 9.64. The van der Waals surface area contributed by atoms with Gasteiger partial charge in [-0.15, -0.1) is 0 Å². The minimum absolute atomic E-state index is 0.0646. The zero-order chi connectivity index (χ0) is 12.4. The molecular weight excluding hydrogens is 204 g/mol. The number of esters is 1. The van der Waals surface area contributed by atoms with Gasteiger partial charge in [0.15, 0.2) is 6.10 Å². The first-order valence-corrected chi connectivity index (χ1v) is 6.35. The first kappa shape index (κ1) is 15.4. The molecule has 0 aliphatic heterocycles. The smallest absolute Gasteiger partial charge is 0.335 e. The molecule has 0 rings (SSSR count). The molecule has 16 heavy (non-hydrogen) atoms. The van der Waals surface area contributed by atoms with E-state index in [-0.39, 0.29) is 18.2 Å². The molecule has 1 unspecified atom stereocenters. The molecule has 0 aromatic heterocycles. The maximum atomic E-state index is 11.6. The van der Waals surface area contributed by atoms with Crippen LogP contribution in [-0.4, -0.2) is 25.3 Å². The largest absolute Gasteiger partial charge is 0.461 e. The SMILES string of the molecule is CCCCCCCC(OC)C(=O)OC(C)C. The van der Waals surface area contributed by atoms with Crippen LogP contribution in [0, 0.1) is 0 Å². The fourth-order valence-corrected chi connectivity index (χ4v) is 1.57. The Morgan fingerprint density at radius 1 is 1.12 bits per heavy atom. The van der Waals surface area contributed by atoms with Crippen LogP contribution in [-0.2, 0) is 14.3 Å². The summed E-state index contributed by atoms with van der Waals surface area (Å²) in [4.78, 5) is 11.6. The second-order valence-electron chi connectivity index (χ2n) is 4.41. The molecule has 1 atom stereocenters. The van der Waals surface area contributed by atoms with Crippen LogP contribution in [0.15, 0.2) is 0 Å². The summed E-state index contributed by atoms with van der Waals surface area (Å²) >= 11 is 0. The first-order valence-electron chi connectivity index (χ1n) is 6.35. The second-order valence-corrected chi connectivity index (χ2v) is 4.41. The number of unbranched alkanes of at least 4 members (excludes halogenated alkanes) is 4. The summed E-state index contributed by atoms with van der Waals surface area (Å²) in [5, 5.41) is 0. The van der Waals surface area contributed by atoms with Gasteiger partial charge < -0.3 is 9.47 Å². The molecule has 0 radical (unpaired) electrons. The molecule has 0 aromatic rings. The van der Waals surface area contributed by atoms with Crippen molar-refractivity contribution in [3.63, 3.8) is 0 Å². The highest BCUT2D eigenvalue weighted by molar-refractivity contribution is 5.74. The zero-order valence-electron chi connectivity index (χ0n) is 11.1. The van der Waals surface area contributed by atoms with Crippen molar-refractivity contribution in [1.29, 1.82) is 0 Å². The van der Waals surface area contributed by atoms with E-state index in [1.165, 1.54) is 25.7 Å². The number of rotatable bonds is 9. The molecule has 0 N–H and O–H groups in total. The molecule has 0 fully saturated rings. The van der Waals surface area contributed by atoms with Gasteiger partial charge in [0.2, 0.25) is 0 Å². The number of hydrogen-bond donors (Lipinski definition) is 0. The molecule has 0 saturated heterocycles. The lowest BCUT2D eigenvalue weighted by Crippen LogP contribution is -2.27. The Bertz CT molecular complexity index is 178. The number of ether oxygens (including phenoxy) is 2. The van der Waals surface area contributed by atoms with Gasteiger partial charge in [-0.2, -0.15) is 0 Å². The predicted octanol–water partition coefficient (Wildman–Crippen LogP) is 3.31. The summed E-state index contributed by atoms with van der Waals surface area (Å²) in [6.45, 7) is 5.90. The number of carbonyl (C=O) groups excluding carboxylic acids is 1. The van der Waals surface area contributed by atoms with E-state index in [0.29, 0.717) is 0 Å². The minimum atomic E-state index is -0.385. The Kier molecular flexibility index (Phi) is 9.30. The van der Waals surface area contributed by atoms with Crippen molar-refractivity contribution in [2.75, 3.05) is 7.11 Å². The van der Waals surface area contributed by atoms with E-state index < -0.39 is 0 Å². The highest BCUT2D eigenvalue weighted by atomic mass is 16.6. The molecule has 3 nitrogen and oxygen atoms in total. The maximum Gasteiger partial charge on any atom is 0.335 e.